The third-order valence-electron chi connectivity index (χ3n) is 11.7. The third kappa shape index (κ3) is 3.67. The summed E-state index contributed by atoms with van der Waals surface area (Å²) >= 11 is 0. The Morgan fingerprint density at radius 1 is 1.06 bits per heavy atom. The molecule has 5 aliphatic rings. The molecule has 4 saturated carbocycles. The Hall–Kier alpha value is -1.86. The number of fused-ring (bicyclic) bond motifs is 6. The number of carbonyl (C=O) groups is 1. The van der Waals surface area contributed by atoms with Crippen LogP contribution in [0.4, 0.5) is 0 Å². The molecule has 1 amide bonds. The number of hydrogen-bond donors (Lipinski definition) is 1. The van der Waals surface area contributed by atoms with Crippen LogP contribution in [0.25, 0.3) is 0 Å². The average Bonchev–Trinajstić information content (AvgIpc) is 3.20. The zero-order valence-electron chi connectivity index (χ0n) is 21.8. The number of hydrogen-bond acceptors (Lipinski definition) is 3. The maximum Gasteiger partial charge on any atom is 0.254 e. The summed E-state index contributed by atoms with van der Waals surface area (Å²) in [5.74, 6) is 4.79. The smallest absolute Gasteiger partial charge is 0.254 e. The van der Waals surface area contributed by atoms with Crippen LogP contribution in [0.3, 0.4) is 0 Å². The highest BCUT2D eigenvalue weighted by Gasteiger charge is 2.59. The molecule has 1 heterocycles. The molecule has 6 rings (SSSR count). The Morgan fingerprint density at radius 3 is 2.66 bits per heavy atom. The van der Waals surface area contributed by atoms with Crippen LogP contribution in [0.2, 0.25) is 0 Å². The van der Waals surface area contributed by atoms with Gasteiger partial charge in [0.15, 0.2) is 0 Å². The first-order chi connectivity index (χ1) is 16.7. The summed E-state index contributed by atoms with van der Waals surface area (Å²) in [4.78, 5) is 15.7. The standard InChI is InChI=1S/C31H42N2O2/c1-19(33-15-12-21-16-20(18-32)4-6-24(21)29(33)34)27-8-9-28-26-7-5-22-17-30(2,35)13-10-23(22)25(26)11-14-31(27,28)3/h4,6,16,19,22-23,25-28,35H,5,7-15,17H2,1-3H3/t19-,22-,23+,25-,26-,27-,28+,30-,31-/m1/s1. The van der Waals surface area contributed by atoms with E-state index in [1.54, 1.807) is 6.07 Å². The van der Waals surface area contributed by atoms with Gasteiger partial charge in [0.1, 0.15) is 0 Å². The Morgan fingerprint density at radius 2 is 1.86 bits per heavy atom. The molecule has 1 aromatic rings. The molecule has 35 heavy (non-hydrogen) atoms. The normalized spacial score (nSPS) is 43.4. The van der Waals surface area contributed by atoms with E-state index in [4.69, 9.17) is 0 Å². The van der Waals surface area contributed by atoms with Crippen molar-refractivity contribution in [2.24, 2.45) is 40.9 Å². The van der Waals surface area contributed by atoms with Crippen molar-refractivity contribution in [3.05, 3.63) is 34.9 Å². The molecule has 0 aromatic heterocycles. The molecule has 188 valence electrons. The summed E-state index contributed by atoms with van der Waals surface area (Å²) in [5.41, 5.74) is 2.38. The summed E-state index contributed by atoms with van der Waals surface area (Å²) in [6.07, 6.45) is 11.9. The Kier molecular flexibility index (Phi) is 5.61. The summed E-state index contributed by atoms with van der Waals surface area (Å²) < 4.78 is 0. The van der Waals surface area contributed by atoms with Crippen molar-refractivity contribution in [3.63, 3.8) is 0 Å². The van der Waals surface area contributed by atoms with E-state index in [0.717, 1.165) is 66.5 Å². The monoisotopic (exact) mass is 474 g/mol. The lowest BCUT2D eigenvalue weighted by Gasteiger charge is -2.57. The molecular weight excluding hydrogens is 432 g/mol. The molecular formula is C31H42N2O2. The predicted octanol–water partition coefficient (Wildman–Crippen LogP) is 5.96. The van der Waals surface area contributed by atoms with E-state index >= 15 is 0 Å². The van der Waals surface area contributed by atoms with E-state index < -0.39 is 5.60 Å². The van der Waals surface area contributed by atoms with E-state index in [1.807, 2.05) is 12.1 Å². The molecule has 4 heteroatoms. The van der Waals surface area contributed by atoms with Crippen LogP contribution in [0, 0.1) is 52.3 Å². The van der Waals surface area contributed by atoms with Crippen LogP contribution in [0.15, 0.2) is 18.2 Å². The molecule has 0 saturated heterocycles. The van der Waals surface area contributed by atoms with E-state index in [0.29, 0.717) is 16.9 Å². The number of nitrogens with zero attached hydrogens (tertiary/aromatic N) is 2. The Balaban J connectivity index is 1.20. The van der Waals surface area contributed by atoms with Crippen molar-refractivity contribution in [1.29, 1.82) is 5.26 Å². The minimum atomic E-state index is -0.444. The first-order valence-electron chi connectivity index (χ1n) is 14.3. The maximum atomic E-state index is 13.5. The van der Waals surface area contributed by atoms with Crippen molar-refractivity contribution in [1.82, 2.24) is 4.90 Å². The fourth-order valence-electron chi connectivity index (χ4n) is 10.1. The molecule has 4 nitrogen and oxygen atoms in total. The molecule has 1 N–H and O–H groups in total. The fourth-order valence-corrected chi connectivity index (χ4v) is 10.1. The molecule has 0 radical (unpaired) electrons. The van der Waals surface area contributed by atoms with Gasteiger partial charge in [-0.3, -0.25) is 4.79 Å². The van der Waals surface area contributed by atoms with E-state index in [1.165, 1.54) is 44.9 Å². The quantitative estimate of drug-likeness (QED) is 0.575. The number of carbonyl (C=O) groups excluding carboxylic acids is 1. The Bertz CT molecular complexity index is 1060. The van der Waals surface area contributed by atoms with Gasteiger partial charge in [0.05, 0.1) is 17.2 Å². The van der Waals surface area contributed by atoms with Crippen LogP contribution in [-0.4, -0.2) is 34.1 Å². The van der Waals surface area contributed by atoms with Gasteiger partial charge < -0.3 is 10.0 Å². The molecule has 0 spiro atoms. The van der Waals surface area contributed by atoms with Crippen LogP contribution in [0.5, 0.6) is 0 Å². The van der Waals surface area contributed by atoms with E-state index in [9.17, 15) is 15.2 Å². The van der Waals surface area contributed by atoms with Crippen LogP contribution < -0.4 is 0 Å². The minimum Gasteiger partial charge on any atom is -0.390 e. The zero-order valence-corrected chi connectivity index (χ0v) is 21.8. The number of aliphatic hydroxyl groups is 1. The summed E-state index contributed by atoms with van der Waals surface area (Å²) in [6.45, 7) is 7.71. The zero-order chi connectivity index (χ0) is 24.5. The van der Waals surface area contributed by atoms with Crippen molar-refractivity contribution in [3.8, 4) is 6.07 Å². The van der Waals surface area contributed by atoms with Gasteiger partial charge in [-0.1, -0.05) is 6.92 Å². The molecule has 0 unspecified atom stereocenters. The molecule has 0 bridgehead atoms. The van der Waals surface area contributed by atoms with Gasteiger partial charge >= 0.3 is 0 Å². The molecule has 9 atom stereocenters. The van der Waals surface area contributed by atoms with Crippen molar-refractivity contribution in [2.75, 3.05) is 6.54 Å². The second-order valence-corrected chi connectivity index (χ2v) is 13.4. The van der Waals surface area contributed by atoms with Gasteiger partial charge in [-0.15, -0.1) is 0 Å². The van der Waals surface area contributed by atoms with Gasteiger partial charge in [0.25, 0.3) is 5.91 Å². The summed E-state index contributed by atoms with van der Waals surface area (Å²) in [6, 6.07) is 8.05. The summed E-state index contributed by atoms with van der Waals surface area (Å²) in [7, 11) is 0. The third-order valence-corrected chi connectivity index (χ3v) is 11.7. The van der Waals surface area contributed by atoms with Gasteiger partial charge in [0.2, 0.25) is 0 Å². The molecule has 1 aromatic carbocycles. The fraction of sp³-hybridized carbons (Fsp3) is 0.742. The van der Waals surface area contributed by atoms with Gasteiger partial charge in [-0.25, -0.2) is 0 Å². The lowest BCUT2D eigenvalue weighted by Crippen LogP contribution is -2.54. The van der Waals surface area contributed by atoms with Crippen molar-refractivity contribution < 1.29 is 9.90 Å². The highest BCUT2D eigenvalue weighted by atomic mass is 16.3. The number of amides is 1. The van der Waals surface area contributed by atoms with E-state index in [-0.39, 0.29) is 11.9 Å². The predicted molar refractivity (Wildman–Crippen MR) is 137 cm³/mol. The van der Waals surface area contributed by atoms with Gasteiger partial charge in [-0.2, -0.15) is 5.26 Å². The highest BCUT2D eigenvalue weighted by molar-refractivity contribution is 5.97. The SMILES string of the molecule is C[C@H]([C@H]1CC[C@H]2[C@@H]3CC[C@@H]4C[C@](C)(O)CC[C@@H]4[C@H]3CC[C@]12C)N1CCc2cc(C#N)ccc2C1=O. The lowest BCUT2D eigenvalue weighted by atomic mass is 9.48. The number of benzene rings is 1. The van der Waals surface area contributed by atoms with Crippen LogP contribution in [0.1, 0.15) is 100 Å². The lowest BCUT2D eigenvalue weighted by molar-refractivity contribution is -0.103. The number of rotatable bonds is 2. The first kappa shape index (κ1) is 23.5. The first-order valence-corrected chi connectivity index (χ1v) is 14.3. The molecule has 4 fully saturated rings. The second kappa shape index (κ2) is 8.34. The minimum absolute atomic E-state index is 0.166. The summed E-state index contributed by atoms with van der Waals surface area (Å²) in [5, 5.41) is 19.9. The van der Waals surface area contributed by atoms with Crippen LogP contribution in [-0.2, 0) is 6.42 Å². The number of nitriles is 1. The maximum absolute atomic E-state index is 13.5. The van der Waals surface area contributed by atoms with Gasteiger partial charge in [-0.05, 0) is 143 Å². The Labute approximate surface area is 211 Å². The highest BCUT2D eigenvalue weighted by Crippen LogP contribution is 2.65. The van der Waals surface area contributed by atoms with Gasteiger partial charge in [0, 0.05) is 18.2 Å². The second-order valence-electron chi connectivity index (χ2n) is 13.4. The van der Waals surface area contributed by atoms with Crippen molar-refractivity contribution >= 4 is 5.91 Å². The molecule has 1 aliphatic heterocycles. The topological polar surface area (TPSA) is 64.3 Å². The van der Waals surface area contributed by atoms with Crippen LogP contribution >= 0.6 is 0 Å². The largest absolute Gasteiger partial charge is 0.390 e. The van der Waals surface area contributed by atoms with Crippen molar-refractivity contribution in [2.45, 2.75) is 96.6 Å². The molecule has 4 aliphatic carbocycles. The average molecular weight is 475 g/mol. The van der Waals surface area contributed by atoms with E-state index in [2.05, 4.69) is 31.7 Å².